The molecule has 0 spiro atoms. The van der Waals surface area contributed by atoms with Crippen molar-refractivity contribution < 1.29 is 18.3 Å². The lowest BCUT2D eigenvalue weighted by Gasteiger charge is -2.52. The lowest BCUT2D eigenvalue weighted by molar-refractivity contribution is 0.0283. The number of ether oxygens (including phenoxy) is 2. The van der Waals surface area contributed by atoms with E-state index in [1.165, 1.54) is 6.07 Å². The van der Waals surface area contributed by atoms with Gasteiger partial charge in [0.1, 0.15) is 5.82 Å². The summed E-state index contributed by atoms with van der Waals surface area (Å²) in [4.78, 5) is 6.08. The maximum Gasteiger partial charge on any atom is 0.266 e. The van der Waals surface area contributed by atoms with Crippen LogP contribution in [0, 0.1) is 0 Å². The second-order valence-electron chi connectivity index (χ2n) is 4.86. The average molecular weight is 307 g/mol. The van der Waals surface area contributed by atoms with Crippen molar-refractivity contribution in [1.29, 1.82) is 0 Å². The minimum Gasteiger partial charge on any atom is -0.382 e. The molecule has 0 atom stereocenters. The molecule has 2 rings (SSSR count). The van der Waals surface area contributed by atoms with Crippen molar-refractivity contribution in [3.05, 3.63) is 22.8 Å². The highest BCUT2D eigenvalue weighted by atomic mass is 35.5. The first-order valence-electron chi connectivity index (χ1n) is 6.23. The fourth-order valence-electron chi connectivity index (χ4n) is 2.52. The fourth-order valence-corrected chi connectivity index (χ4v) is 2.74. The molecule has 1 aromatic heterocycles. The molecule has 112 valence electrons. The normalized spacial score (nSPS) is 17.4. The van der Waals surface area contributed by atoms with Gasteiger partial charge >= 0.3 is 0 Å². The third-order valence-electron chi connectivity index (χ3n) is 3.58. The highest BCUT2D eigenvalue weighted by Crippen LogP contribution is 2.37. The molecule has 1 saturated heterocycles. The second kappa shape index (κ2) is 6.20. The lowest BCUT2D eigenvalue weighted by atomic mass is 9.86. The molecule has 0 radical (unpaired) electrons. The van der Waals surface area contributed by atoms with Gasteiger partial charge in [-0.2, -0.15) is 0 Å². The Morgan fingerprint density at radius 2 is 2.05 bits per heavy atom. The van der Waals surface area contributed by atoms with Gasteiger partial charge in [-0.3, -0.25) is 0 Å². The highest BCUT2D eigenvalue weighted by Gasteiger charge is 2.45. The molecule has 1 aliphatic heterocycles. The van der Waals surface area contributed by atoms with E-state index in [0.717, 1.165) is 19.2 Å². The molecule has 0 bridgehead atoms. The van der Waals surface area contributed by atoms with E-state index in [2.05, 4.69) is 4.98 Å². The molecule has 0 unspecified atom stereocenters. The van der Waals surface area contributed by atoms with Gasteiger partial charge in [-0.05, 0) is 12.5 Å². The SMILES string of the molecule is COCC1(COC)CCN1c1cc(Cl)c(C(F)F)cn1. The van der Waals surface area contributed by atoms with Crippen LogP contribution in [0.15, 0.2) is 12.3 Å². The van der Waals surface area contributed by atoms with Gasteiger partial charge in [0.15, 0.2) is 0 Å². The van der Waals surface area contributed by atoms with E-state index in [1.54, 1.807) is 14.2 Å². The molecule has 4 nitrogen and oxygen atoms in total. The van der Waals surface area contributed by atoms with Gasteiger partial charge < -0.3 is 14.4 Å². The number of anilines is 1. The standard InChI is InChI=1S/C13H17ClF2N2O2/c1-19-7-13(8-20-2)3-4-18(13)11-5-10(14)9(6-17-11)12(15)16/h5-6,12H,3-4,7-8H2,1-2H3. The van der Waals surface area contributed by atoms with Crippen LogP contribution in [0.3, 0.4) is 0 Å². The van der Waals surface area contributed by atoms with Crippen LogP contribution < -0.4 is 4.90 Å². The third-order valence-corrected chi connectivity index (χ3v) is 3.91. The first-order valence-corrected chi connectivity index (χ1v) is 6.61. The zero-order chi connectivity index (χ0) is 14.8. The average Bonchev–Trinajstić information content (AvgIpc) is 2.36. The van der Waals surface area contributed by atoms with Gasteiger partial charge in [-0.1, -0.05) is 11.6 Å². The summed E-state index contributed by atoms with van der Waals surface area (Å²) in [6, 6.07) is 1.47. The molecule has 0 saturated carbocycles. The summed E-state index contributed by atoms with van der Waals surface area (Å²) < 4.78 is 35.8. The van der Waals surface area contributed by atoms with Crippen LogP contribution in [0.2, 0.25) is 5.02 Å². The molecule has 0 aliphatic carbocycles. The van der Waals surface area contributed by atoms with Crippen molar-refractivity contribution >= 4 is 17.4 Å². The van der Waals surface area contributed by atoms with E-state index < -0.39 is 6.43 Å². The Kier molecular flexibility index (Phi) is 4.78. The first-order chi connectivity index (χ1) is 9.54. The van der Waals surface area contributed by atoms with Gasteiger partial charge in [0.2, 0.25) is 0 Å². The second-order valence-corrected chi connectivity index (χ2v) is 5.26. The van der Waals surface area contributed by atoms with E-state index in [0.29, 0.717) is 19.0 Å². The van der Waals surface area contributed by atoms with Crippen LogP contribution in [0.25, 0.3) is 0 Å². The summed E-state index contributed by atoms with van der Waals surface area (Å²) in [6.45, 7) is 1.73. The number of halogens is 3. The molecule has 1 aromatic rings. The summed E-state index contributed by atoms with van der Waals surface area (Å²) in [5.74, 6) is 0.569. The van der Waals surface area contributed by atoms with Crippen LogP contribution in [0.5, 0.6) is 0 Å². The van der Waals surface area contributed by atoms with Crippen molar-refractivity contribution in [3.63, 3.8) is 0 Å². The van der Waals surface area contributed by atoms with Crippen LogP contribution in [0.1, 0.15) is 18.4 Å². The summed E-state index contributed by atoms with van der Waals surface area (Å²) in [7, 11) is 3.24. The highest BCUT2D eigenvalue weighted by molar-refractivity contribution is 6.31. The summed E-state index contributed by atoms with van der Waals surface area (Å²) in [6.07, 6.45) is -0.599. The van der Waals surface area contributed by atoms with E-state index in [1.807, 2.05) is 4.90 Å². The van der Waals surface area contributed by atoms with Crippen LogP contribution >= 0.6 is 11.6 Å². The van der Waals surface area contributed by atoms with Gasteiger partial charge in [-0.15, -0.1) is 0 Å². The van der Waals surface area contributed by atoms with Crippen molar-refractivity contribution in [2.75, 3.05) is 38.9 Å². The third kappa shape index (κ3) is 2.73. The minimum absolute atomic E-state index is 0.0284. The fraction of sp³-hybridized carbons (Fsp3) is 0.615. The Morgan fingerprint density at radius 3 is 2.45 bits per heavy atom. The number of alkyl halides is 2. The van der Waals surface area contributed by atoms with Crippen LogP contribution in [-0.2, 0) is 9.47 Å². The first kappa shape index (κ1) is 15.4. The summed E-state index contributed by atoms with van der Waals surface area (Å²) in [5.41, 5.74) is -0.549. The molecule has 0 amide bonds. The summed E-state index contributed by atoms with van der Waals surface area (Å²) in [5, 5.41) is 0.0284. The maximum atomic E-state index is 12.7. The molecule has 2 heterocycles. The molecular formula is C13H17ClF2N2O2. The Balaban J connectivity index is 2.25. The van der Waals surface area contributed by atoms with E-state index in [4.69, 9.17) is 21.1 Å². The zero-order valence-electron chi connectivity index (χ0n) is 11.4. The molecule has 0 aromatic carbocycles. The van der Waals surface area contributed by atoms with Crippen LogP contribution in [0.4, 0.5) is 14.6 Å². The van der Waals surface area contributed by atoms with Gasteiger partial charge in [-0.25, -0.2) is 13.8 Å². The predicted octanol–water partition coefficient (Wildman–Crippen LogP) is 2.91. The Morgan fingerprint density at radius 1 is 1.40 bits per heavy atom. The topological polar surface area (TPSA) is 34.6 Å². The van der Waals surface area contributed by atoms with Gasteiger partial charge in [0, 0.05) is 27.0 Å². The van der Waals surface area contributed by atoms with Crippen molar-refractivity contribution in [3.8, 4) is 0 Å². The smallest absolute Gasteiger partial charge is 0.266 e. The number of aromatic nitrogens is 1. The molecule has 0 N–H and O–H groups in total. The Labute approximate surface area is 121 Å². The Bertz CT molecular complexity index is 468. The van der Waals surface area contributed by atoms with E-state index in [9.17, 15) is 8.78 Å². The quantitative estimate of drug-likeness (QED) is 0.809. The molecule has 1 fully saturated rings. The Hall–Kier alpha value is -0.980. The minimum atomic E-state index is -2.62. The molecule has 20 heavy (non-hydrogen) atoms. The van der Waals surface area contributed by atoms with Crippen molar-refractivity contribution in [1.82, 2.24) is 4.98 Å². The number of hydrogen-bond donors (Lipinski definition) is 0. The zero-order valence-corrected chi connectivity index (χ0v) is 12.2. The number of methoxy groups -OCH3 is 2. The van der Waals surface area contributed by atoms with Crippen molar-refractivity contribution in [2.24, 2.45) is 0 Å². The molecular weight excluding hydrogens is 290 g/mol. The van der Waals surface area contributed by atoms with E-state index in [-0.39, 0.29) is 16.1 Å². The lowest BCUT2D eigenvalue weighted by Crippen LogP contribution is -2.65. The molecule has 1 aliphatic rings. The number of hydrogen-bond acceptors (Lipinski definition) is 4. The monoisotopic (exact) mass is 306 g/mol. The largest absolute Gasteiger partial charge is 0.382 e. The number of nitrogens with zero attached hydrogens (tertiary/aromatic N) is 2. The van der Waals surface area contributed by atoms with E-state index >= 15 is 0 Å². The number of rotatable bonds is 6. The summed E-state index contributed by atoms with van der Waals surface area (Å²) >= 11 is 5.89. The predicted molar refractivity (Wildman–Crippen MR) is 72.7 cm³/mol. The maximum absolute atomic E-state index is 12.7. The van der Waals surface area contributed by atoms with Crippen LogP contribution in [-0.4, -0.2) is 44.5 Å². The number of pyridine rings is 1. The van der Waals surface area contributed by atoms with Crippen molar-refractivity contribution in [2.45, 2.75) is 18.4 Å². The van der Waals surface area contributed by atoms with Gasteiger partial charge in [0.25, 0.3) is 6.43 Å². The van der Waals surface area contributed by atoms with Gasteiger partial charge in [0.05, 0.1) is 29.3 Å². The molecule has 7 heteroatoms.